The van der Waals surface area contributed by atoms with E-state index in [-0.39, 0.29) is 18.0 Å². The zero-order chi connectivity index (χ0) is 26.9. The van der Waals surface area contributed by atoms with Crippen LogP contribution in [0.25, 0.3) is 0 Å². The normalized spacial score (nSPS) is 16.5. The fraction of sp³-hybridized carbons (Fsp3) is 0.517. The summed E-state index contributed by atoms with van der Waals surface area (Å²) in [5.74, 6) is 0.445. The third kappa shape index (κ3) is 6.95. The van der Waals surface area contributed by atoms with E-state index >= 15 is 0 Å². The Morgan fingerprint density at radius 1 is 0.946 bits per heavy atom. The van der Waals surface area contributed by atoms with Crippen LogP contribution >= 0.6 is 0 Å². The maximum absolute atomic E-state index is 11.7. The number of fused-ring (bicyclic) bond motifs is 1. The van der Waals surface area contributed by atoms with Gasteiger partial charge in [0.1, 0.15) is 23.0 Å². The van der Waals surface area contributed by atoms with Crippen LogP contribution in [0, 0.1) is 0 Å². The average molecular weight is 515 g/mol. The number of ether oxygens (including phenoxy) is 3. The molecule has 0 aromatic heterocycles. The molecule has 3 rings (SSSR count). The third-order valence-electron chi connectivity index (χ3n) is 6.50. The third-order valence-corrected chi connectivity index (χ3v) is 6.50. The molecule has 3 N–H and O–H groups in total. The summed E-state index contributed by atoms with van der Waals surface area (Å²) in [6.45, 7) is 6.44. The lowest BCUT2D eigenvalue weighted by atomic mass is 9.94. The number of aliphatic carboxylic acids is 1. The zero-order valence-corrected chi connectivity index (χ0v) is 21.9. The highest BCUT2D eigenvalue weighted by atomic mass is 16.5. The summed E-state index contributed by atoms with van der Waals surface area (Å²) < 4.78 is 17.7. The topological polar surface area (TPSA) is 123 Å². The monoisotopic (exact) mass is 514 g/mol. The number of aliphatic hydroxyl groups excluding tert-OH is 1. The summed E-state index contributed by atoms with van der Waals surface area (Å²) in [5, 5.41) is 30.3. The van der Waals surface area contributed by atoms with Gasteiger partial charge in [-0.15, -0.1) is 0 Å². The number of benzene rings is 2. The molecular formula is C29H38O8. The molecule has 2 atom stereocenters. The van der Waals surface area contributed by atoms with Crippen LogP contribution in [-0.2, 0) is 17.6 Å². The number of unbranched alkanes of at least 4 members (excludes halogenated alkanes) is 2. The van der Waals surface area contributed by atoms with Gasteiger partial charge in [-0.05, 0) is 63.3 Å². The van der Waals surface area contributed by atoms with Crippen molar-refractivity contribution in [2.45, 2.75) is 84.3 Å². The number of carbonyl (C=O) groups is 2. The van der Waals surface area contributed by atoms with E-state index in [1.54, 1.807) is 18.2 Å². The molecule has 1 aliphatic rings. The minimum atomic E-state index is -1.09. The number of carboxylic acid groups (broad SMARTS) is 1. The van der Waals surface area contributed by atoms with Crippen molar-refractivity contribution in [2.75, 3.05) is 13.2 Å². The first-order chi connectivity index (χ1) is 17.8. The molecule has 0 fully saturated rings. The second-order valence-electron chi connectivity index (χ2n) is 9.41. The SMILES string of the molecule is CCCc1c(OCCCCCOc2ccc3c(c2CCC)OC(C(=O)O)CC3O)ccc(C(C)=O)c1O. The smallest absolute Gasteiger partial charge is 0.345 e. The molecule has 8 nitrogen and oxygen atoms in total. The summed E-state index contributed by atoms with van der Waals surface area (Å²) >= 11 is 0. The number of carboxylic acids is 1. The maximum atomic E-state index is 11.7. The van der Waals surface area contributed by atoms with Crippen molar-refractivity contribution >= 4 is 11.8 Å². The lowest BCUT2D eigenvalue weighted by Gasteiger charge is -2.30. The Bertz CT molecular complexity index is 1090. The van der Waals surface area contributed by atoms with Gasteiger partial charge in [-0.3, -0.25) is 4.79 Å². The van der Waals surface area contributed by atoms with Crippen LogP contribution in [0.15, 0.2) is 24.3 Å². The number of aliphatic hydroxyl groups is 1. The van der Waals surface area contributed by atoms with Crippen molar-refractivity contribution in [3.8, 4) is 23.0 Å². The highest BCUT2D eigenvalue weighted by molar-refractivity contribution is 5.97. The summed E-state index contributed by atoms with van der Waals surface area (Å²) in [7, 11) is 0. The van der Waals surface area contributed by atoms with Crippen LogP contribution in [0.2, 0.25) is 0 Å². The molecule has 8 heteroatoms. The number of hydrogen-bond acceptors (Lipinski definition) is 7. The van der Waals surface area contributed by atoms with E-state index in [1.165, 1.54) is 6.92 Å². The molecule has 2 unspecified atom stereocenters. The van der Waals surface area contributed by atoms with Gasteiger partial charge in [0.05, 0.1) is 24.9 Å². The largest absolute Gasteiger partial charge is 0.507 e. The Morgan fingerprint density at radius 3 is 2.14 bits per heavy atom. The van der Waals surface area contributed by atoms with Crippen LogP contribution in [0.3, 0.4) is 0 Å². The number of aromatic hydroxyl groups is 1. The number of ketones is 1. The number of phenolic OH excluding ortho intramolecular Hbond substituents is 1. The molecule has 37 heavy (non-hydrogen) atoms. The molecule has 0 saturated heterocycles. The van der Waals surface area contributed by atoms with Crippen molar-refractivity contribution in [3.63, 3.8) is 0 Å². The number of rotatable bonds is 14. The molecule has 1 heterocycles. The average Bonchev–Trinajstić information content (AvgIpc) is 2.86. The first-order valence-corrected chi connectivity index (χ1v) is 13.1. The van der Waals surface area contributed by atoms with E-state index in [4.69, 9.17) is 14.2 Å². The molecule has 202 valence electrons. The molecule has 0 radical (unpaired) electrons. The van der Waals surface area contributed by atoms with E-state index in [2.05, 4.69) is 0 Å². The Morgan fingerprint density at radius 2 is 1.54 bits per heavy atom. The lowest BCUT2D eigenvalue weighted by Crippen LogP contribution is -2.33. The van der Waals surface area contributed by atoms with Crippen molar-refractivity contribution in [2.24, 2.45) is 0 Å². The first kappa shape index (κ1) is 28.3. The van der Waals surface area contributed by atoms with E-state index < -0.39 is 18.2 Å². The molecule has 0 bridgehead atoms. The molecular weight excluding hydrogens is 476 g/mol. The van der Waals surface area contributed by atoms with Crippen LogP contribution in [-0.4, -0.2) is 46.4 Å². The highest BCUT2D eigenvalue weighted by Gasteiger charge is 2.34. The maximum Gasteiger partial charge on any atom is 0.345 e. The Kier molecular flexibility index (Phi) is 10.2. The molecule has 0 spiro atoms. The second-order valence-corrected chi connectivity index (χ2v) is 9.41. The molecule has 0 aliphatic carbocycles. The van der Waals surface area contributed by atoms with Crippen molar-refractivity contribution in [3.05, 3.63) is 46.5 Å². The van der Waals surface area contributed by atoms with Gasteiger partial charge < -0.3 is 29.5 Å². The second kappa shape index (κ2) is 13.3. The fourth-order valence-corrected chi connectivity index (χ4v) is 4.60. The summed E-state index contributed by atoms with van der Waals surface area (Å²) in [6.07, 6.45) is 3.46. The number of phenols is 1. The van der Waals surface area contributed by atoms with Gasteiger partial charge in [-0.2, -0.15) is 0 Å². The van der Waals surface area contributed by atoms with Gasteiger partial charge in [-0.1, -0.05) is 26.7 Å². The lowest BCUT2D eigenvalue weighted by molar-refractivity contribution is -0.147. The van der Waals surface area contributed by atoms with Crippen molar-refractivity contribution < 1.29 is 39.1 Å². The Hall–Kier alpha value is -3.26. The van der Waals surface area contributed by atoms with Gasteiger partial charge >= 0.3 is 5.97 Å². The summed E-state index contributed by atoms with van der Waals surface area (Å²) in [4.78, 5) is 23.2. The van der Waals surface area contributed by atoms with Gasteiger partial charge in [0.2, 0.25) is 0 Å². The van der Waals surface area contributed by atoms with Crippen LogP contribution in [0.4, 0.5) is 0 Å². The number of Topliss-reactive ketones (excluding diaryl/α,β-unsaturated/α-hetero) is 1. The van der Waals surface area contributed by atoms with Crippen LogP contribution in [0.1, 0.15) is 92.4 Å². The van der Waals surface area contributed by atoms with E-state index in [9.17, 15) is 24.9 Å². The fourth-order valence-electron chi connectivity index (χ4n) is 4.60. The van der Waals surface area contributed by atoms with Crippen molar-refractivity contribution in [1.82, 2.24) is 0 Å². The molecule has 2 aromatic carbocycles. The molecule has 2 aromatic rings. The van der Waals surface area contributed by atoms with Crippen LogP contribution < -0.4 is 14.2 Å². The van der Waals surface area contributed by atoms with E-state index in [0.29, 0.717) is 60.0 Å². The van der Waals surface area contributed by atoms with Gasteiger partial charge in [0.25, 0.3) is 0 Å². The number of hydrogen-bond donors (Lipinski definition) is 3. The standard InChI is InChI=1S/C29H38O8/c1-4-9-21-24(13-11-19(18(3)30)27(21)32)35-15-7-6-8-16-36-25-14-12-20-23(31)17-26(29(33)34)37-28(20)22(25)10-5-2/h11-14,23,26,31-32H,4-10,15-17H2,1-3H3,(H,33,34). The predicted molar refractivity (Wildman–Crippen MR) is 139 cm³/mol. The minimum Gasteiger partial charge on any atom is -0.507 e. The van der Waals surface area contributed by atoms with Gasteiger partial charge in [0.15, 0.2) is 11.9 Å². The van der Waals surface area contributed by atoms with E-state index in [0.717, 1.165) is 37.7 Å². The molecule has 1 aliphatic heterocycles. The van der Waals surface area contributed by atoms with Gasteiger partial charge in [-0.25, -0.2) is 4.79 Å². The first-order valence-electron chi connectivity index (χ1n) is 13.1. The van der Waals surface area contributed by atoms with E-state index in [1.807, 2.05) is 19.9 Å². The summed E-state index contributed by atoms with van der Waals surface area (Å²) in [5.41, 5.74) is 2.39. The molecule has 0 saturated carbocycles. The van der Waals surface area contributed by atoms with Crippen molar-refractivity contribution in [1.29, 1.82) is 0 Å². The zero-order valence-electron chi connectivity index (χ0n) is 21.9. The highest BCUT2D eigenvalue weighted by Crippen LogP contribution is 2.42. The van der Waals surface area contributed by atoms with Crippen LogP contribution in [0.5, 0.6) is 23.0 Å². The predicted octanol–water partition coefficient (Wildman–Crippen LogP) is 5.40. The number of carbonyl (C=O) groups excluding carboxylic acids is 1. The quantitative estimate of drug-likeness (QED) is 0.226. The Labute approximate surface area is 218 Å². The summed E-state index contributed by atoms with van der Waals surface area (Å²) in [6, 6.07) is 6.94. The minimum absolute atomic E-state index is 0.0133. The molecule has 0 amide bonds. The Balaban J connectivity index is 1.53. The van der Waals surface area contributed by atoms with Gasteiger partial charge in [0, 0.05) is 23.1 Å².